The highest BCUT2D eigenvalue weighted by atomic mass is 19.1. The van der Waals surface area contributed by atoms with E-state index in [1.54, 1.807) is 29.5 Å². The van der Waals surface area contributed by atoms with Gasteiger partial charge in [0.25, 0.3) is 0 Å². The third kappa shape index (κ3) is 3.50. The fraction of sp³-hybridized carbons (Fsp3) is 0.476. The SMILES string of the molecule is CN(c1cnc(-c2cnc(-n3ccnc3)cc2O)nn1)[C@@H]1C[C@H]2CCC[C@](C)(N2)[C@H]1F. The summed E-state index contributed by atoms with van der Waals surface area (Å²) in [5, 5.41) is 22.3. The normalized spacial score (nSPS) is 27.8. The molecule has 10 heteroatoms. The first-order chi connectivity index (χ1) is 14.9. The number of pyridine rings is 1. The Morgan fingerprint density at radius 2 is 2.16 bits per heavy atom. The highest BCUT2D eigenvalue weighted by Gasteiger charge is 2.49. The molecule has 0 spiro atoms. The number of rotatable bonds is 4. The van der Waals surface area contributed by atoms with E-state index in [0.717, 1.165) is 25.7 Å². The third-order valence-corrected chi connectivity index (χ3v) is 6.54. The van der Waals surface area contributed by atoms with E-state index in [4.69, 9.17) is 0 Å². The Labute approximate surface area is 179 Å². The van der Waals surface area contributed by atoms with Crippen molar-refractivity contribution < 1.29 is 9.50 Å². The lowest BCUT2D eigenvalue weighted by Crippen LogP contribution is -2.68. The van der Waals surface area contributed by atoms with Crippen molar-refractivity contribution in [3.8, 4) is 23.0 Å². The summed E-state index contributed by atoms with van der Waals surface area (Å²) in [4.78, 5) is 14.5. The second-order valence-corrected chi connectivity index (χ2v) is 8.64. The molecule has 0 radical (unpaired) electrons. The van der Waals surface area contributed by atoms with Gasteiger partial charge in [-0.05, 0) is 32.6 Å². The minimum Gasteiger partial charge on any atom is -0.507 e. The Kier molecular flexibility index (Phi) is 4.81. The molecule has 0 amide bonds. The van der Waals surface area contributed by atoms with E-state index in [0.29, 0.717) is 23.2 Å². The number of anilines is 1. The van der Waals surface area contributed by atoms with Gasteiger partial charge in [-0.25, -0.2) is 19.3 Å². The fourth-order valence-electron chi connectivity index (χ4n) is 4.78. The molecule has 162 valence electrons. The zero-order valence-electron chi connectivity index (χ0n) is 17.5. The molecule has 2 fully saturated rings. The average molecular weight is 424 g/mol. The maximum Gasteiger partial charge on any atom is 0.187 e. The van der Waals surface area contributed by atoms with Gasteiger partial charge in [0.1, 0.15) is 24.1 Å². The first kappa shape index (κ1) is 19.8. The lowest BCUT2D eigenvalue weighted by Gasteiger charge is -2.52. The van der Waals surface area contributed by atoms with E-state index in [9.17, 15) is 5.11 Å². The van der Waals surface area contributed by atoms with Crippen LogP contribution in [0.3, 0.4) is 0 Å². The molecule has 2 saturated heterocycles. The topological polar surface area (TPSA) is 105 Å². The summed E-state index contributed by atoms with van der Waals surface area (Å²) in [6, 6.07) is 1.54. The van der Waals surface area contributed by atoms with E-state index >= 15 is 4.39 Å². The first-order valence-corrected chi connectivity index (χ1v) is 10.5. The number of hydrogen-bond donors (Lipinski definition) is 2. The maximum absolute atomic E-state index is 15.4. The molecule has 2 aliphatic rings. The van der Waals surface area contributed by atoms with Crippen molar-refractivity contribution in [1.82, 2.24) is 35.0 Å². The predicted molar refractivity (Wildman–Crippen MR) is 113 cm³/mol. The standard InChI is InChI=1S/C21H25FN8O/c1-21-5-3-4-13(26-21)8-15(19(21)22)29(2)18-11-25-20(28-27-18)14-10-24-17(9-16(14)31)30-7-6-23-12-30/h6-7,9-13,15,19,26H,3-5,8H2,1-2H3,(H,24,31)/t13-,15-,19+,21+/m1/s1. The number of fused-ring (bicyclic) bond motifs is 2. The smallest absolute Gasteiger partial charge is 0.187 e. The summed E-state index contributed by atoms with van der Waals surface area (Å²) >= 11 is 0. The second-order valence-electron chi connectivity index (χ2n) is 8.64. The van der Waals surface area contributed by atoms with Gasteiger partial charge in [0.05, 0.1) is 17.8 Å². The van der Waals surface area contributed by atoms with Crippen molar-refractivity contribution in [3.63, 3.8) is 0 Å². The number of aromatic nitrogens is 6. The summed E-state index contributed by atoms with van der Waals surface area (Å²) < 4.78 is 17.1. The average Bonchev–Trinajstić information content (AvgIpc) is 3.31. The summed E-state index contributed by atoms with van der Waals surface area (Å²) in [6.07, 6.45) is 10.7. The number of aromatic hydroxyl groups is 1. The van der Waals surface area contributed by atoms with Crippen LogP contribution in [0.2, 0.25) is 0 Å². The number of alkyl halides is 1. The van der Waals surface area contributed by atoms with E-state index in [1.165, 1.54) is 12.3 Å². The molecule has 0 aliphatic carbocycles. The van der Waals surface area contributed by atoms with Crippen molar-refractivity contribution >= 4 is 5.82 Å². The molecule has 2 bridgehead atoms. The van der Waals surface area contributed by atoms with Crippen LogP contribution in [-0.4, -0.2) is 65.7 Å². The van der Waals surface area contributed by atoms with Crippen molar-refractivity contribution in [3.05, 3.63) is 37.2 Å². The Balaban J connectivity index is 1.36. The van der Waals surface area contributed by atoms with Crippen LogP contribution in [0, 0.1) is 0 Å². The number of piperidine rings is 2. The number of halogens is 1. The summed E-state index contributed by atoms with van der Waals surface area (Å²) in [6.45, 7) is 1.97. The van der Waals surface area contributed by atoms with E-state index in [1.807, 2.05) is 18.9 Å². The van der Waals surface area contributed by atoms with Crippen LogP contribution < -0.4 is 10.2 Å². The third-order valence-electron chi connectivity index (χ3n) is 6.54. The zero-order valence-corrected chi connectivity index (χ0v) is 17.5. The van der Waals surface area contributed by atoms with E-state index in [2.05, 4.69) is 30.5 Å². The highest BCUT2D eigenvalue weighted by molar-refractivity contribution is 5.63. The van der Waals surface area contributed by atoms with Gasteiger partial charge in [-0.2, -0.15) is 0 Å². The number of nitrogens with one attached hydrogen (secondary N) is 1. The zero-order chi connectivity index (χ0) is 21.6. The Morgan fingerprint density at radius 3 is 2.87 bits per heavy atom. The molecule has 0 saturated carbocycles. The van der Waals surface area contributed by atoms with Crippen molar-refractivity contribution in [2.24, 2.45) is 0 Å². The number of nitrogens with zero attached hydrogens (tertiary/aromatic N) is 7. The maximum atomic E-state index is 15.4. The Hall–Kier alpha value is -3.14. The molecule has 31 heavy (non-hydrogen) atoms. The van der Waals surface area contributed by atoms with Gasteiger partial charge in [-0.15, -0.1) is 10.2 Å². The molecule has 5 heterocycles. The van der Waals surface area contributed by atoms with Gasteiger partial charge >= 0.3 is 0 Å². The van der Waals surface area contributed by atoms with Crippen LogP contribution in [0.1, 0.15) is 32.6 Å². The molecule has 0 aromatic carbocycles. The lowest BCUT2D eigenvalue weighted by molar-refractivity contribution is 0.0405. The summed E-state index contributed by atoms with van der Waals surface area (Å²) in [5.74, 6) is 1.28. The molecule has 4 atom stereocenters. The van der Waals surface area contributed by atoms with Crippen molar-refractivity contribution in [1.29, 1.82) is 0 Å². The Bertz CT molecular complexity index is 1060. The van der Waals surface area contributed by atoms with Crippen molar-refractivity contribution in [2.45, 2.75) is 56.4 Å². The molecule has 2 aliphatic heterocycles. The van der Waals surface area contributed by atoms with E-state index < -0.39 is 11.7 Å². The van der Waals surface area contributed by atoms with Gasteiger partial charge in [-0.3, -0.25) is 4.57 Å². The van der Waals surface area contributed by atoms with Crippen LogP contribution in [0.25, 0.3) is 17.2 Å². The van der Waals surface area contributed by atoms with Crippen molar-refractivity contribution in [2.75, 3.05) is 11.9 Å². The number of imidazole rings is 1. The monoisotopic (exact) mass is 424 g/mol. The van der Waals surface area contributed by atoms with Crippen LogP contribution in [0.4, 0.5) is 10.2 Å². The molecular formula is C21H25FN8O. The summed E-state index contributed by atoms with van der Waals surface area (Å²) in [5.41, 5.74) is -0.132. The predicted octanol–water partition coefficient (Wildman–Crippen LogP) is 2.27. The lowest BCUT2D eigenvalue weighted by atomic mass is 9.73. The molecule has 5 rings (SSSR count). The minimum absolute atomic E-state index is 0.00969. The minimum atomic E-state index is -1.01. The molecule has 2 N–H and O–H groups in total. The largest absolute Gasteiger partial charge is 0.507 e. The number of hydrogen-bond acceptors (Lipinski definition) is 8. The second kappa shape index (κ2) is 7.52. The van der Waals surface area contributed by atoms with Gasteiger partial charge in [0, 0.05) is 43.3 Å². The fourth-order valence-corrected chi connectivity index (χ4v) is 4.78. The quantitative estimate of drug-likeness (QED) is 0.657. The molecule has 0 unspecified atom stereocenters. The van der Waals surface area contributed by atoms with Gasteiger partial charge in [-0.1, -0.05) is 0 Å². The molecule has 3 aromatic heterocycles. The Morgan fingerprint density at radius 1 is 1.29 bits per heavy atom. The molecular weight excluding hydrogens is 399 g/mol. The van der Waals surface area contributed by atoms with Crippen LogP contribution in [0.15, 0.2) is 37.2 Å². The highest BCUT2D eigenvalue weighted by Crippen LogP contribution is 2.38. The summed E-state index contributed by atoms with van der Waals surface area (Å²) in [7, 11) is 1.84. The van der Waals surface area contributed by atoms with Crippen LogP contribution in [0.5, 0.6) is 5.75 Å². The molecule has 3 aromatic rings. The molecule has 9 nitrogen and oxygen atoms in total. The van der Waals surface area contributed by atoms with Gasteiger partial charge in [0.2, 0.25) is 0 Å². The van der Waals surface area contributed by atoms with Crippen LogP contribution in [-0.2, 0) is 0 Å². The van der Waals surface area contributed by atoms with Gasteiger partial charge < -0.3 is 15.3 Å². The van der Waals surface area contributed by atoms with Crippen LogP contribution >= 0.6 is 0 Å². The van der Waals surface area contributed by atoms with E-state index in [-0.39, 0.29) is 17.6 Å². The van der Waals surface area contributed by atoms with Gasteiger partial charge in [0.15, 0.2) is 11.6 Å². The first-order valence-electron chi connectivity index (χ1n) is 10.5.